The van der Waals surface area contributed by atoms with E-state index in [4.69, 9.17) is 10.6 Å². The van der Waals surface area contributed by atoms with E-state index in [1.165, 1.54) is 6.20 Å². The summed E-state index contributed by atoms with van der Waals surface area (Å²) < 4.78 is 5.33. The molecule has 2 heterocycles. The molecule has 0 aliphatic carbocycles. The van der Waals surface area contributed by atoms with Crippen LogP contribution in [0.2, 0.25) is 0 Å². The lowest BCUT2D eigenvalue weighted by molar-refractivity contribution is 0.0885. The molecule has 1 aliphatic heterocycles. The zero-order valence-corrected chi connectivity index (χ0v) is 12.1. The molecule has 20 heavy (non-hydrogen) atoms. The largest absolute Gasteiger partial charge is 0.379 e. The van der Waals surface area contributed by atoms with Gasteiger partial charge >= 0.3 is 0 Å². The van der Waals surface area contributed by atoms with E-state index >= 15 is 0 Å². The van der Waals surface area contributed by atoms with Gasteiger partial charge in [0.25, 0.3) is 5.91 Å². The normalized spacial score (nSPS) is 22.1. The van der Waals surface area contributed by atoms with Gasteiger partial charge in [-0.15, -0.1) is 0 Å². The molecule has 0 spiro atoms. The predicted molar refractivity (Wildman–Crippen MR) is 75.2 cm³/mol. The second-order valence-corrected chi connectivity index (χ2v) is 5.61. The van der Waals surface area contributed by atoms with Gasteiger partial charge in [-0.3, -0.25) is 10.6 Å². The van der Waals surface area contributed by atoms with Gasteiger partial charge in [0.2, 0.25) is 0 Å². The van der Waals surface area contributed by atoms with Gasteiger partial charge in [0, 0.05) is 12.5 Å². The SMILES string of the molecule is CC(C)c1ncc(NN)c(C(=O)NC2(C)CCOC2)n1. The van der Waals surface area contributed by atoms with Gasteiger partial charge in [-0.1, -0.05) is 13.8 Å². The number of aromatic nitrogens is 2. The standard InChI is InChI=1S/C13H21N5O2/c1-8(2)11-15-6-9(18-14)10(16-11)12(19)17-13(3)4-5-20-7-13/h6,8,18H,4-5,7,14H2,1-3H3,(H,17,19). The van der Waals surface area contributed by atoms with Crippen molar-refractivity contribution in [2.45, 2.75) is 38.6 Å². The highest BCUT2D eigenvalue weighted by Gasteiger charge is 2.32. The summed E-state index contributed by atoms with van der Waals surface area (Å²) in [5.74, 6) is 5.90. The van der Waals surface area contributed by atoms with E-state index in [-0.39, 0.29) is 23.1 Å². The minimum Gasteiger partial charge on any atom is -0.379 e. The van der Waals surface area contributed by atoms with Crippen LogP contribution < -0.4 is 16.6 Å². The molecule has 7 heteroatoms. The molecular formula is C13H21N5O2. The number of hydrogen-bond donors (Lipinski definition) is 3. The number of nitrogens with two attached hydrogens (primary N) is 1. The lowest BCUT2D eigenvalue weighted by Crippen LogP contribution is -2.47. The molecule has 0 saturated carbocycles. The van der Waals surface area contributed by atoms with Crippen LogP contribution in [0.25, 0.3) is 0 Å². The van der Waals surface area contributed by atoms with Crippen molar-refractivity contribution in [3.63, 3.8) is 0 Å². The molecule has 1 unspecified atom stereocenters. The van der Waals surface area contributed by atoms with E-state index in [0.717, 1.165) is 6.42 Å². The van der Waals surface area contributed by atoms with Crippen molar-refractivity contribution >= 4 is 11.6 Å². The quantitative estimate of drug-likeness (QED) is 0.556. The number of hydrazine groups is 1. The highest BCUT2D eigenvalue weighted by Crippen LogP contribution is 2.20. The Morgan fingerprint density at radius 3 is 2.85 bits per heavy atom. The smallest absolute Gasteiger partial charge is 0.272 e. The number of anilines is 1. The number of carbonyl (C=O) groups excluding carboxylic acids is 1. The summed E-state index contributed by atoms with van der Waals surface area (Å²) in [6, 6.07) is 0. The molecular weight excluding hydrogens is 258 g/mol. The van der Waals surface area contributed by atoms with Gasteiger partial charge in [0.1, 0.15) is 5.82 Å². The fraction of sp³-hybridized carbons (Fsp3) is 0.615. The zero-order valence-electron chi connectivity index (χ0n) is 12.1. The van der Waals surface area contributed by atoms with Crippen LogP contribution in [-0.4, -0.2) is 34.6 Å². The van der Waals surface area contributed by atoms with E-state index in [2.05, 4.69) is 20.7 Å². The fourth-order valence-electron chi connectivity index (χ4n) is 2.05. The van der Waals surface area contributed by atoms with Gasteiger partial charge in [0.05, 0.1) is 24.0 Å². The molecule has 1 fully saturated rings. The Morgan fingerprint density at radius 1 is 1.55 bits per heavy atom. The average molecular weight is 279 g/mol. The highest BCUT2D eigenvalue weighted by molar-refractivity contribution is 5.97. The number of nitrogen functional groups attached to an aromatic ring is 1. The molecule has 7 nitrogen and oxygen atoms in total. The van der Waals surface area contributed by atoms with E-state index < -0.39 is 0 Å². The summed E-state index contributed by atoms with van der Waals surface area (Å²) in [5, 5.41) is 2.96. The lowest BCUT2D eigenvalue weighted by atomic mass is 10.0. The Morgan fingerprint density at radius 2 is 2.30 bits per heavy atom. The minimum absolute atomic E-state index is 0.138. The Bertz CT molecular complexity index is 498. The maximum atomic E-state index is 12.4. The molecule has 4 N–H and O–H groups in total. The number of carbonyl (C=O) groups is 1. The molecule has 1 atom stereocenters. The third kappa shape index (κ3) is 3.05. The third-order valence-corrected chi connectivity index (χ3v) is 3.33. The Hall–Kier alpha value is -1.73. The molecule has 0 aromatic carbocycles. The minimum atomic E-state index is -0.355. The Kier molecular flexibility index (Phi) is 4.20. The maximum absolute atomic E-state index is 12.4. The highest BCUT2D eigenvalue weighted by atomic mass is 16.5. The second kappa shape index (κ2) is 5.72. The molecule has 0 bridgehead atoms. The summed E-state index contributed by atoms with van der Waals surface area (Å²) in [4.78, 5) is 20.9. The number of nitrogens with zero attached hydrogens (tertiary/aromatic N) is 2. The Balaban J connectivity index is 2.25. The Labute approximate surface area is 118 Å². The molecule has 2 rings (SSSR count). The van der Waals surface area contributed by atoms with E-state index in [0.29, 0.717) is 24.7 Å². The van der Waals surface area contributed by atoms with Crippen molar-refractivity contribution in [3.05, 3.63) is 17.7 Å². The van der Waals surface area contributed by atoms with E-state index in [1.54, 1.807) is 0 Å². The number of rotatable bonds is 4. The van der Waals surface area contributed by atoms with E-state index in [9.17, 15) is 4.79 Å². The number of hydrogen-bond acceptors (Lipinski definition) is 6. The van der Waals surface area contributed by atoms with Crippen LogP contribution in [0.1, 0.15) is 49.4 Å². The van der Waals surface area contributed by atoms with Crippen molar-refractivity contribution in [2.24, 2.45) is 5.84 Å². The molecule has 1 amide bonds. The molecule has 0 radical (unpaired) electrons. The van der Waals surface area contributed by atoms with Gasteiger partial charge < -0.3 is 15.5 Å². The second-order valence-electron chi connectivity index (χ2n) is 5.61. The zero-order chi connectivity index (χ0) is 14.8. The van der Waals surface area contributed by atoms with Crippen molar-refractivity contribution in [3.8, 4) is 0 Å². The monoisotopic (exact) mass is 279 g/mol. The van der Waals surface area contributed by atoms with Crippen molar-refractivity contribution < 1.29 is 9.53 Å². The van der Waals surface area contributed by atoms with Gasteiger partial charge in [-0.05, 0) is 13.3 Å². The first-order chi connectivity index (χ1) is 9.45. The van der Waals surface area contributed by atoms with Crippen LogP contribution in [0.4, 0.5) is 5.69 Å². The summed E-state index contributed by atoms with van der Waals surface area (Å²) in [5.41, 5.74) is 2.78. The average Bonchev–Trinajstić information content (AvgIpc) is 2.84. The van der Waals surface area contributed by atoms with Crippen LogP contribution >= 0.6 is 0 Å². The predicted octanol–water partition coefficient (Wildman–Crippen LogP) is 0.794. The molecule has 1 aromatic rings. The topological polar surface area (TPSA) is 102 Å². The number of nitrogens with one attached hydrogen (secondary N) is 2. The third-order valence-electron chi connectivity index (χ3n) is 3.33. The lowest BCUT2D eigenvalue weighted by Gasteiger charge is -2.23. The maximum Gasteiger partial charge on any atom is 0.272 e. The van der Waals surface area contributed by atoms with Crippen LogP contribution in [0, 0.1) is 0 Å². The summed E-state index contributed by atoms with van der Waals surface area (Å²) >= 11 is 0. The number of amides is 1. The van der Waals surface area contributed by atoms with Gasteiger partial charge in [-0.2, -0.15) is 0 Å². The molecule has 1 aliphatic rings. The van der Waals surface area contributed by atoms with Crippen molar-refractivity contribution in [1.29, 1.82) is 0 Å². The summed E-state index contributed by atoms with van der Waals surface area (Å²) in [6.45, 7) is 7.06. The van der Waals surface area contributed by atoms with Gasteiger partial charge in [-0.25, -0.2) is 9.97 Å². The van der Waals surface area contributed by atoms with Crippen molar-refractivity contribution in [1.82, 2.24) is 15.3 Å². The van der Waals surface area contributed by atoms with Gasteiger partial charge in [0.15, 0.2) is 5.69 Å². The number of ether oxygens (including phenoxy) is 1. The molecule has 1 aromatic heterocycles. The van der Waals surface area contributed by atoms with E-state index in [1.807, 2.05) is 20.8 Å². The van der Waals surface area contributed by atoms with Crippen LogP contribution in [0.3, 0.4) is 0 Å². The molecule has 110 valence electrons. The summed E-state index contributed by atoms with van der Waals surface area (Å²) in [7, 11) is 0. The van der Waals surface area contributed by atoms with Crippen LogP contribution in [-0.2, 0) is 4.74 Å². The molecule has 1 saturated heterocycles. The van der Waals surface area contributed by atoms with Crippen LogP contribution in [0.15, 0.2) is 6.20 Å². The van der Waals surface area contributed by atoms with Crippen molar-refractivity contribution in [2.75, 3.05) is 18.6 Å². The first kappa shape index (κ1) is 14.7. The fourth-order valence-corrected chi connectivity index (χ4v) is 2.05. The first-order valence-corrected chi connectivity index (χ1v) is 6.69. The summed E-state index contributed by atoms with van der Waals surface area (Å²) in [6.07, 6.45) is 2.32. The first-order valence-electron chi connectivity index (χ1n) is 6.69. The van der Waals surface area contributed by atoms with Crippen LogP contribution in [0.5, 0.6) is 0 Å².